The number of nitrogens with one attached hydrogen (secondary N) is 4. The molecule has 4 aliphatic carbocycles. The van der Waals surface area contributed by atoms with Gasteiger partial charge in [0.1, 0.15) is 0 Å². The van der Waals surface area contributed by atoms with Crippen LogP contribution >= 0.6 is 0 Å². The lowest BCUT2D eigenvalue weighted by Gasteiger charge is -2.56. The molecule has 4 N–H and O–H groups in total. The highest BCUT2D eigenvalue weighted by Gasteiger charge is 2.51. The van der Waals surface area contributed by atoms with Gasteiger partial charge < -0.3 is 21.3 Å². The Hall–Kier alpha value is -2.08. The third-order valence-electron chi connectivity index (χ3n) is 6.91. The molecule has 29 heavy (non-hydrogen) atoms. The van der Waals surface area contributed by atoms with E-state index in [1.165, 1.54) is 19.3 Å². The van der Waals surface area contributed by atoms with Crippen LogP contribution in [0.4, 0.5) is 10.5 Å². The third-order valence-corrected chi connectivity index (χ3v) is 6.91. The number of rotatable bonds is 8. The number of anilines is 1. The van der Waals surface area contributed by atoms with Crippen LogP contribution in [0, 0.1) is 17.8 Å². The highest BCUT2D eigenvalue weighted by atomic mass is 16.2. The van der Waals surface area contributed by atoms with Crippen LogP contribution in [0.25, 0.3) is 0 Å². The average molecular weight is 399 g/mol. The van der Waals surface area contributed by atoms with Crippen LogP contribution in [-0.4, -0.2) is 30.6 Å². The van der Waals surface area contributed by atoms with E-state index < -0.39 is 0 Å². The van der Waals surface area contributed by atoms with Crippen LogP contribution in [0.5, 0.6) is 0 Å². The molecule has 0 atom stereocenters. The zero-order valence-electron chi connectivity index (χ0n) is 17.4. The maximum Gasteiger partial charge on any atom is 0.315 e. The monoisotopic (exact) mass is 398 g/mol. The van der Waals surface area contributed by atoms with Crippen LogP contribution < -0.4 is 21.3 Å². The minimum Gasteiger partial charge on any atom is -0.338 e. The summed E-state index contributed by atoms with van der Waals surface area (Å²) in [6, 6.07) is 7.70. The molecule has 4 saturated carbocycles. The van der Waals surface area contributed by atoms with Gasteiger partial charge >= 0.3 is 6.03 Å². The molecule has 6 heteroatoms. The fourth-order valence-electron chi connectivity index (χ4n) is 6.11. The van der Waals surface area contributed by atoms with Crippen molar-refractivity contribution in [2.45, 2.75) is 64.0 Å². The van der Waals surface area contributed by atoms with Crippen molar-refractivity contribution in [3.63, 3.8) is 0 Å². The summed E-state index contributed by atoms with van der Waals surface area (Å²) in [4.78, 5) is 24.8. The van der Waals surface area contributed by atoms with Crippen molar-refractivity contribution in [2.24, 2.45) is 17.8 Å². The molecule has 4 fully saturated rings. The van der Waals surface area contributed by atoms with Crippen molar-refractivity contribution < 1.29 is 9.59 Å². The average Bonchev–Trinajstić information content (AvgIpc) is 2.65. The quantitative estimate of drug-likeness (QED) is 0.542. The molecule has 4 bridgehead atoms. The van der Waals surface area contributed by atoms with E-state index in [4.69, 9.17) is 0 Å². The van der Waals surface area contributed by atoms with E-state index in [1.54, 1.807) is 0 Å². The Kier molecular flexibility index (Phi) is 6.09. The van der Waals surface area contributed by atoms with Gasteiger partial charge in [-0.25, -0.2) is 4.79 Å². The molecule has 158 valence electrons. The minimum absolute atomic E-state index is 0.00626. The molecule has 0 aromatic heterocycles. The Morgan fingerprint density at radius 3 is 2.34 bits per heavy atom. The molecule has 0 spiro atoms. The highest BCUT2D eigenvalue weighted by Crippen LogP contribution is 2.55. The molecular formula is C23H34N4O2. The molecule has 6 nitrogen and oxygen atoms in total. The third kappa shape index (κ3) is 4.92. The summed E-state index contributed by atoms with van der Waals surface area (Å²) in [6.07, 6.45) is 7.75. The topological polar surface area (TPSA) is 82.3 Å². The predicted molar refractivity (Wildman–Crippen MR) is 115 cm³/mol. The van der Waals surface area contributed by atoms with Crippen molar-refractivity contribution in [1.82, 2.24) is 16.0 Å². The summed E-state index contributed by atoms with van der Waals surface area (Å²) >= 11 is 0. The van der Waals surface area contributed by atoms with E-state index in [-0.39, 0.29) is 23.9 Å². The maximum absolute atomic E-state index is 12.5. The summed E-state index contributed by atoms with van der Waals surface area (Å²) in [5.41, 5.74) is 1.90. The number of benzene rings is 1. The molecule has 1 aromatic carbocycles. The molecule has 5 rings (SSSR count). The van der Waals surface area contributed by atoms with Gasteiger partial charge in [0.2, 0.25) is 5.91 Å². The van der Waals surface area contributed by atoms with Gasteiger partial charge in [-0.1, -0.05) is 25.1 Å². The first kappa shape index (κ1) is 20.2. The standard InChI is InChI=1S/C23H34N4O2/c1-2-24-15-19-5-3-4-6-20(19)26-21(28)7-8-25-22(29)27-23-12-16-9-17(13-23)11-18(10-16)14-23/h3-6,16-18,24H,2,7-15H2,1H3,(H,26,28)(H2,25,27,29). The number of hydrogen-bond acceptors (Lipinski definition) is 3. The zero-order chi connectivity index (χ0) is 20.3. The van der Waals surface area contributed by atoms with Gasteiger partial charge in [-0.15, -0.1) is 0 Å². The van der Waals surface area contributed by atoms with Gasteiger partial charge in [0.25, 0.3) is 0 Å². The van der Waals surface area contributed by atoms with E-state index in [9.17, 15) is 9.59 Å². The van der Waals surface area contributed by atoms with E-state index in [0.29, 0.717) is 6.54 Å². The van der Waals surface area contributed by atoms with Gasteiger partial charge in [0.15, 0.2) is 0 Å². The fourth-order valence-corrected chi connectivity index (χ4v) is 6.11. The van der Waals surface area contributed by atoms with Gasteiger partial charge in [-0.2, -0.15) is 0 Å². The van der Waals surface area contributed by atoms with Crippen LogP contribution in [-0.2, 0) is 11.3 Å². The fraction of sp³-hybridized carbons (Fsp3) is 0.652. The number of amides is 3. The van der Waals surface area contributed by atoms with Crippen LogP contribution in [0.15, 0.2) is 24.3 Å². The van der Waals surface area contributed by atoms with Gasteiger partial charge in [0.05, 0.1) is 0 Å². The number of hydrogen-bond donors (Lipinski definition) is 4. The van der Waals surface area contributed by atoms with Crippen molar-refractivity contribution in [1.29, 1.82) is 0 Å². The Labute approximate surface area is 173 Å². The van der Waals surface area contributed by atoms with Crippen LogP contribution in [0.3, 0.4) is 0 Å². The normalized spacial score (nSPS) is 29.5. The second-order valence-electron chi connectivity index (χ2n) is 9.31. The second-order valence-corrected chi connectivity index (χ2v) is 9.31. The lowest BCUT2D eigenvalue weighted by molar-refractivity contribution is -0.116. The number of urea groups is 1. The molecule has 0 aliphatic heterocycles. The van der Waals surface area contributed by atoms with Crippen LogP contribution in [0.2, 0.25) is 0 Å². The van der Waals surface area contributed by atoms with E-state index in [2.05, 4.69) is 28.2 Å². The Morgan fingerprint density at radius 2 is 1.69 bits per heavy atom. The van der Waals surface area contributed by atoms with Crippen molar-refractivity contribution in [3.8, 4) is 0 Å². The Morgan fingerprint density at radius 1 is 1.03 bits per heavy atom. The molecule has 0 heterocycles. The first-order chi connectivity index (χ1) is 14.0. The van der Waals surface area contributed by atoms with E-state index in [0.717, 1.165) is 61.4 Å². The van der Waals surface area contributed by atoms with E-state index >= 15 is 0 Å². The molecule has 0 radical (unpaired) electrons. The summed E-state index contributed by atoms with van der Waals surface area (Å²) in [6.45, 7) is 4.00. The van der Waals surface area contributed by atoms with E-state index in [1.807, 2.05) is 24.3 Å². The number of para-hydroxylation sites is 1. The molecular weight excluding hydrogens is 364 g/mol. The van der Waals surface area contributed by atoms with Gasteiger partial charge in [-0.3, -0.25) is 4.79 Å². The molecule has 1 aromatic rings. The van der Waals surface area contributed by atoms with Crippen molar-refractivity contribution in [2.75, 3.05) is 18.4 Å². The predicted octanol–water partition coefficient (Wildman–Crippen LogP) is 3.39. The maximum atomic E-state index is 12.5. The summed E-state index contributed by atoms with van der Waals surface area (Å²) < 4.78 is 0. The molecule has 3 amide bonds. The first-order valence-corrected chi connectivity index (χ1v) is 11.2. The largest absolute Gasteiger partial charge is 0.338 e. The van der Waals surface area contributed by atoms with Crippen molar-refractivity contribution in [3.05, 3.63) is 29.8 Å². The highest BCUT2D eigenvalue weighted by molar-refractivity contribution is 5.91. The summed E-state index contributed by atoms with van der Waals surface area (Å²) in [7, 11) is 0. The lowest BCUT2D eigenvalue weighted by Crippen LogP contribution is -2.61. The summed E-state index contributed by atoms with van der Waals surface area (Å²) in [5.74, 6) is 2.32. The number of carbonyl (C=O) groups excluding carboxylic acids is 2. The zero-order valence-corrected chi connectivity index (χ0v) is 17.4. The van der Waals surface area contributed by atoms with Gasteiger partial charge in [-0.05, 0) is 74.5 Å². The lowest BCUT2D eigenvalue weighted by atomic mass is 9.53. The number of carbonyl (C=O) groups is 2. The first-order valence-electron chi connectivity index (χ1n) is 11.2. The van der Waals surface area contributed by atoms with Crippen LogP contribution in [0.1, 0.15) is 57.4 Å². The Bertz CT molecular complexity index is 713. The minimum atomic E-state index is -0.118. The van der Waals surface area contributed by atoms with Gasteiger partial charge in [0, 0.05) is 30.7 Å². The SMILES string of the molecule is CCNCc1ccccc1NC(=O)CCNC(=O)NC12CC3CC(CC(C3)C1)C2. The molecule has 0 unspecified atom stereocenters. The smallest absolute Gasteiger partial charge is 0.315 e. The second kappa shape index (κ2) is 8.74. The Balaban J connectivity index is 1.21. The molecule has 4 aliphatic rings. The summed E-state index contributed by atoms with van der Waals surface area (Å²) in [5, 5.41) is 12.4. The molecule has 0 saturated heterocycles. The van der Waals surface area contributed by atoms with Crippen molar-refractivity contribution >= 4 is 17.6 Å².